The van der Waals surface area contributed by atoms with Gasteiger partial charge in [-0.1, -0.05) is 0 Å². The lowest BCUT2D eigenvalue weighted by molar-refractivity contribution is -0.162. The van der Waals surface area contributed by atoms with Gasteiger partial charge in [-0.25, -0.2) is 75.9 Å². The summed E-state index contributed by atoms with van der Waals surface area (Å²) in [6.07, 6.45) is -6.14. The Morgan fingerprint density at radius 1 is 0.364 bits per heavy atom. The highest BCUT2D eigenvalue weighted by atomic mass is 16.6. The number of ether oxygens (including phenoxy) is 5. The molecular weight excluding hydrogens is 876 g/mol. The maximum Gasteiger partial charge on any atom is 0.426 e. The molecule has 0 aliphatic rings. The number of carbonyl (C=O) groups is 10. The van der Waals surface area contributed by atoms with E-state index in [2.05, 4.69) is 27.1 Å². The number of amides is 9. The Kier molecular flexibility index (Phi) is 21.0. The van der Waals surface area contributed by atoms with Crippen molar-refractivity contribution in [3.8, 4) is 0 Å². The normalized spacial score (nSPS) is 14.2. The van der Waals surface area contributed by atoms with Crippen LogP contribution in [0.15, 0.2) is 0 Å². The van der Waals surface area contributed by atoms with Crippen LogP contribution in [0.1, 0.15) is 138 Å². The zero-order valence-electron chi connectivity index (χ0n) is 41.7. The van der Waals surface area contributed by atoms with Crippen LogP contribution >= 0.6 is 0 Å². The first-order valence-electron chi connectivity index (χ1n) is 20.7. The summed E-state index contributed by atoms with van der Waals surface area (Å²) in [4.78, 5) is 135. The van der Waals surface area contributed by atoms with E-state index in [-0.39, 0.29) is 0 Å². The first-order chi connectivity index (χ1) is 29.5. The minimum Gasteiger partial charge on any atom is -0.480 e. The first-order valence-corrected chi connectivity index (χ1v) is 20.7. The second kappa shape index (κ2) is 23.2. The van der Waals surface area contributed by atoms with Gasteiger partial charge >= 0.3 is 36.4 Å². The summed E-state index contributed by atoms with van der Waals surface area (Å²) in [5.41, 5.74) is 7.50. The Morgan fingerprint density at radius 3 is 0.803 bits per heavy atom. The van der Waals surface area contributed by atoms with E-state index in [0.29, 0.717) is 20.0 Å². The monoisotopic (exact) mass is 949 g/mol. The molecule has 0 bridgehead atoms. The lowest BCUT2D eigenvalue weighted by Crippen LogP contribution is -2.68. The van der Waals surface area contributed by atoms with Crippen LogP contribution in [0, 0.1) is 0 Å². The van der Waals surface area contributed by atoms with Crippen LogP contribution in [-0.4, -0.2) is 143 Å². The molecule has 0 unspecified atom stereocenters. The highest BCUT2D eigenvalue weighted by molar-refractivity contribution is 5.97. The summed E-state index contributed by atoms with van der Waals surface area (Å²) < 4.78 is 26.3. The second-order valence-electron chi connectivity index (χ2n) is 19.8. The molecule has 0 aliphatic heterocycles. The maximum atomic E-state index is 14.7. The van der Waals surface area contributed by atoms with E-state index in [1.807, 2.05) is 5.43 Å². The Hall–Kier alpha value is -6.34. The Labute approximate surface area is 385 Å². The van der Waals surface area contributed by atoms with Crippen LogP contribution < -0.4 is 32.6 Å². The predicted molar refractivity (Wildman–Crippen MR) is 232 cm³/mol. The molecule has 0 aromatic rings. The van der Waals surface area contributed by atoms with E-state index in [9.17, 15) is 53.1 Å². The molecule has 378 valence electrons. The third-order valence-electron chi connectivity index (χ3n) is 7.53. The SMILES string of the molecule is C[C@H](NNC(=O)OC(C)(C)C)C(=O)N(NC(=O)OC(C)(C)C)[C@@H](C)C(=O)N(NC(=O)OC(C)(C)C)[C@@H](C)C(=O)N(NC(=O)OC(C)(C)C)[C@@H](C)C(=O)N(NC(=O)OC(C)(C)C)[C@@H](C)C(=O)O. The van der Waals surface area contributed by atoms with Crippen LogP contribution in [-0.2, 0) is 47.7 Å². The molecule has 7 N–H and O–H groups in total. The summed E-state index contributed by atoms with van der Waals surface area (Å²) >= 11 is 0. The fraction of sp³-hybridized carbons (Fsp3) is 0.750. The predicted octanol–water partition coefficient (Wildman–Crippen LogP) is 3.12. The largest absolute Gasteiger partial charge is 0.480 e. The minimum atomic E-state index is -2.00. The number of rotatable bonds is 11. The van der Waals surface area contributed by atoms with Gasteiger partial charge in [0.1, 0.15) is 58.2 Å². The van der Waals surface area contributed by atoms with E-state index in [1.165, 1.54) is 90.0 Å². The summed E-state index contributed by atoms with van der Waals surface area (Å²) in [6, 6.07) is -9.06. The van der Waals surface area contributed by atoms with E-state index in [1.54, 1.807) is 20.8 Å². The minimum absolute atomic E-state index is 0.339. The van der Waals surface area contributed by atoms with Gasteiger partial charge in [0.15, 0.2) is 0 Å². The van der Waals surface area contributed by atoms with Crippen LogP contribution in [0.5, 0.6) is 0 Å². The van der Waals surface area contributed by atoms with Crippen LogP contribution in [0.4, 0.5) is 24.0 Å². The van der Waals surface area contributed by atoms with Crippen LogP contribution in [0.25, 0.3) is 0 Å². The van der Waals surface area contributed by atoms with Gasteiger partial charge in [0.2, 0.25) is 0 Å². The summed E-state index contributed by atoms with van der Waals surface area (Å²) in [6.45, 7) is 28.1. The number of carboxylic acids is 1. The topological polar surface area (TPSA) is 322 Å². The van der Waals surface area contributed by atoms with Gasteiger partial charge in [0, 0.05) is 0 Å². The number of hydrogen-bond acceptors (Lipinski definition) is 16. The Bertz CT molecular complexity index is 1790. The number of aliphatic carboxylic acids is 1. The molecule has 0 heterocycles. The van der Waals surface area contributed by atoms with Crippen molar-refractivity contribution in [1.82, 2.24) is 52.6 Å². The highest BCUT2D eigenvalue weighted by Crippen LogP contribution is 2.17. The molecule has 9 amide bonds. The van der Waals surface area contributed by atoms with Crippen molar-refractivity contribution in [3.05, 3.63) is 0 Å². The standard InChI is InChI=1S/C40H72N10O16/c1-21(41-42-31(57)62-36(6,7)8)26(51)47(43-32(58)63-37(9,10)11)22(2)27(52)48(44-33(59)64-38(12,13)14)23(3)28(53)49(45-34(60)65-39(15,16)17)24(4)29(54)50(25(5)30(55)56)46-35(61)66-40(18,19)20/h21-25,41H,1-20H3,(H,42,57)(H,43,58)(H,44,59)(H,45,60)(H,46,61)(H,55,56)/t21-,22-,23-,24-,25-/m0/s1. The van der Waals surface area contributed by atoms with Crippen molar-refractivity contribution < 1.29 is 76.7 Å². The van der Waals surface area contributed by atoms with Crippen LogP contribution in [0.3, 0.4) is 0 Å². The molecule has 0 aliphatic carbocycles. The Morgan fingerprint density at radius 2 is 0.576 bits per heavy atom. The van der Waals surface area contributed by atoms with Crippen molar-refractivity contribution in [2.45, 2.75) is 197 Å². The lowest BCUT2D eigenvalue weighted by atomic mass is 10.1. The average Bonchev–Trinajstić information content (AvgIpc) is 3.10. The van der Waals surface area contributed by atoms with E-state index in [4.69, 9.17) is 23.7 Å². The van der Waals surface area contributed by atoms with Crippen molar-refractivity contribution in [2.75, 3.05) is 0 Å². The molecule has 0 saturated carbocycles. The molecule has 0 aromatic carbocycles. The smallest absolute Gasteiger partial charge is 0.426 e. The quantitative estimate of drug-likeness (QED) is 0.116. The van der Waals surface area contributed by atoms with E-state index in [0.717, 1.165) is 27.7 Å². The second-order valence-corrected chi connectivity index (χ2v) is 19.8. The number of carbonyl (C=O) groups excluding carboxylic acids is 9. The molecule has 66 heavy (non-hydrogen) atoms. The van der Waals surface area contributed by atoms with Gasteiger partial charge in [0.25, 0.3) is 23.6 Å². The fourth-order valence-electron chi connectivity index (χ4n) is 4.75. The third kappa shape index (κ3) is 22.0. The van der Waals surface area contributed by atoms with Crippen LogP contribution in [0.2, 0.25) is 0 Å². The molecule has 26 heteroatoms. The highest BCUT2D eigenvalue weighted by Gasteiger charge is 2.44. The number of hydrazine groups is 5. The van der Waals surface area contributed by atoms with Gasteiger partial charge in [-0.05, 0) is 138 Å². The molecule has 0 spiro atoms. The molecule has 0 radical (unpaired) electrons. The Balaban J connectivity index is 7.64. The van der Waals surface area contributed by atoms with Gasteiger partial charge in [-0.3, -0.25) is 24.6 Å². The summed E-state index contributed by atoms with van der Waals surface area (Å²) in [5.74, 6) is -6.71. The van der Waals surface area contributed by atoms with Gasteiger partial charge < -0.3 is 28.8 Å². The lowest BCUT2D eigenvalue weighted by Gasteiger charge is -2.39. The van der Waals surface area contributed by atoms with Gasteiger partial charge in [0.05, 0.1) is 0 Å². The zero-order chi connectivity index (χ0) is 52.2. The zero-order valence-corrected chi connectivity index (χ0v) is 41.7. The van der Waals surface area contributed by atoms with E-state index >= 15 is 0 Å². The fourth-order valence-corrected chi connectivity index (χ4v) is 4.75. The number of carboxylic acid groups (broad SMARTS) is 1. The number of hydrogen-bond donors (Lipinski definition) is 7. The average molecular weight is 949 g/mol. The van der Waals surface area contributed by atoms with Crippen molar-refractivity contribution in [2.24, 2.45) is 0 Å². The van der Waals surface area contributed by atoms with Gasteiger partial charge in [-0.15, -0.1) is 0 Å². The number of nitrogens with zero attached hydrogens (tertiary/aromatic N) is 4. The maximum absolute atomic E-state index is 14.7. The van der Waals surface area contributed by atoms with Crippen molar-refractivity contribution in [1.29, 1.82) is 0 Å². The first kappa shape index (κ1) is 59.7. The molecule has 0 rings (SSSR count). The third-order valence-corrected chi connectivity index (χ3v) is 7.53. The molecule has 26 nitrogen and oxygen atoms in total. The van der Waals surface area contributed by atoms with E-state index < -0.39 is 118 Å². The van der Waals surface area contributed by atoms with Gasteiger partial charge in [-0.2, -0.15) is 0 Å². The number of nitrogens with one attached hydrogen (secondary N) is 6. The molecule has 0 aromatic heterocycles. The summed E-state index contributed by atoms with van der Waals surface area (Å²) in [5, 5.41) is 11.4. The molecule has 0 saturated heterocycles. The summed E-state index contributed by atoms with van der Waals surface area (Å²) in [7, 11) is 0. The van der Waals surface area contributed by atoms with Crippen molar-refractivity contribution in [3.63, 3.8) is 0 Å². The molecule has 5 atom stereocenters. The van der Waals surface area contributed by atoms with Crippen molar-refractivity contribution >= 4 is 60.1 Å². The molecule has 0 fully saturated rings. The molecular formula is C40H72N10O16.